The van der Waals surface area contributed by atoms with Crippen molar-refractivity contribution in [3.63, 3.8) is 0 Å². The van der Waals surface area contributed by atoms with Crippen LogP contribution in [0.3, 0.4) is 0 Å². The zero-order valence-corrected chi connectivity index (χ0v) is 22.5. The number of aryl methyl sites for hydroxylation is 1. The van der Waals surface area contributed by atoms with Crippen molar-refractivity contribution in [3.05, 3.63) is 76.4 Å². The molecule has 10 heteroatoms. The van der Waals surface area contributed by atoms with E-state index in [9.17, 15) is 18.0 Å². The van der Waals surface area contributed by atoms with Crippen LogP contribution in [0.15, 0.2) is 42.7 Å². The minimum atomic E-state index is -4.55. The molecule has 2 unspecified atom stereocenters. The van der Waals surface area contributed by atoms with Crippen LogP contribution in [0.25, 0.3) is 0 Å². The van der Waals surface area contributed by atoms with Crippen molar-refractivity contribution in [2.75, 3.05) is 12.0 Å². The number of ether oxygens (including phenoxy) is 1. The number of hydrogen-bond donors (Lipinski definition) is 1. The summed E-state index contributed by atoms with van der Waals surface area (Å²) in [6, 6.07) is 10.7. The van der Waals surface area contributed by atoms with Crippen LogP contribution in [-0.2, 0) is 36.5 Å². The molecule has 7 nitrogen and oxygen atoms in total. The van der Waals surface area contributed by atoms with Gasteiger partial charge in [0.2, 0.25) is 0 Å². The van der Waals surface area contributed by atoms with E-state index in [0.717, 1.165) is 36.1 Å². The Labute approximate surface area is 230 Å². The molecule has 2 aromatic carbocycles. The first-order chi connectivity index (χ1) is 19.2. The molecule has 210 valence electrons. The third-order valence-corrected chi connectivity index (χ3v) is 9.58. The number of amides is 1. The highest BCUT2D eigenvalue weighted by Gasteiger charge is 2.51. The zero-order chi connectivity index (χ0) is 27.8. The summed E-state index contributed by atoms with van der Waals surface area (Å²) < 4.78 is 50.2. The Morgan fingerprint density at radius 1 is 1.12 bits per heavy atom. The van der Waals surface area contributed by atoms with Crippen molar-refractivity contribution in [2.24, 2.45) is 18.9 Å². The van der Waals surface area contributed by atoms with Crippen molar-refractivity contribution in [1.82, 2.24) is 20.1 Å². The van der Waals surface area contributed by atoms with E-state index in [2.05, 4.69) is 15.5 Å². The maximum absolute atomic E-state index is 14.2. The predicted molar refractivity (Wildman–Crippen MR) is 142 cm³/mol. The number of carbonyl (C=O) groups is 1. The van der Waals surface area contributed by atoms with E-state index >= 15 is 0 Å². The lowest BCUT2D eigenvalue weighted by Crippen LogP contribution is -2.48. The predicted octanol–water partition coefficient (Wildman–Crippen LogP) is 4.98. The summed E-state index contributed by atoms with van der Waals surface area (Å²) in [6.07, 6.45) is 2.03. The van der Waals surface area contributed by atoms with Crippen LogP contribution in [0.1, 0.15) is 70.5 Å². The fraction of sp³-hybridized carbons (Fsp3) is 0.500. The molecule has 1 amide bonds. The molecule has 0 saturated heterocycles. The van der Waals surface area contributed by atoms with E-state index in [4.69, 9.17) is 4.74 Å². The molecule has 2 heterocycles. The second-order valence-corrected chi connectivity index (χ2v) is 12.0. The number of benzene rings is 2. The lowest BCUT2D eigenvalue weighted by molar-refractivity contribution is -0.138. The first-order valence-electron chi connectivity index (χ1n) is 13.9. The van der Waals surface area contributed by atoms with Crippen LogP contribution in [-0.4, -0.2) is 39.9 Å². The second kappa shape index (κ2) is 9.14. The normalized spacial score (nSPS) is 28.9. The molecule has 1 aromatic heterocycles. The number of fused-ring (bicyclic) bond motifs is 2. The van der Waals surface area contributed by atoms with Gasteiger partial charge in [0.05, 0.1) is 23.6 Å². The van der Waals surface area contributed by atoms with Crippen LogP contribution in [0.4, 0.5) is 18.9 Å². The van der Waals surface area contributed by atoms with Gasteiger partial charge in [0.15, 0.2) is 0 Å². The largest absolute Gasteiger partial charge is 0.416 e. The summed E-state index contributed by atoms with van der Waals surface area (Å²) >= 11 is 0. The summed E-state index contributed by atoms with van der Waals surface area (Å²) in [5.74, 6) is 1.95. The number of carbonyl (C=O) groups excluding carboxylic acids is 1. The Balaban J connectivity index is 1.19. The SMILES string of the molecule is COC1CC(c2cccc(N3Cc4c(cc(CNC5CC6CC6C5)cc4C(F)(F)F)C3=O)c2)(c2nncn2C)C1. The fourth-order valence-corrected chi connectivity index (χ4v) is 7.29. The molecular formula is C30H32F3N5O2. The van der Waals surface area contributed by atoms with Crippen molar-refractivity contribution in [3.8, 4) is 0 Å². The van der Waals surface area contributed by atoms with E-state index < -0.39 is 23.1 Å². The van der Waals surface area contributed by atoms with E-state index in [1.807, 2.05) is 29.8 Å². The molecule has 2 atom stereocenters. The number of nitrogens with zero attached hydrogens (tertiary/aromatic N) is 4. The van der Waals surface area contributed by atoms with Gasteiger partial charge < -0.3 is 19.5 Å². The number of alkyl halides is 3. The zero-order valence-electron chi connectivity index (χ0n) is 22.5. The van der Waals surface area contributed by atoms with Gasteiger partial charge in [-0.1, -0.05) is 12.1 Å². The third kappa shape index (κ3) is 4.15. The highest BCUT2D eigenvalue weighted by atomic mass is 19.4. The lowest BCUT2D eigenvalue weighted by atomic mass is 9.62. The summed E-state index contributed by atoms with van der Waals surface area (Å²) in [7, 11) is 3.57. The third-order valence-electron chi connectivity index (χ3n) is 9.58. The van der Waals surface area contributed by atoms with Crippen molar-refractivity contribution in [1.29, 1.82) is 0 Å². The molecule has 40 heavy (non-hydrogen) atoms. The summed E-state index contributed by atoms with van der Waals surface area (Å²) in [4.78, 5) is 15.1. The maximum Gasteiger partial charge on any atom is 0.416 e. The monoisotopic (exact) mass is 551 g/mol. The number of methoxy groups -OCH3 is 1. The Bertz CT molecular complexity index is 1470. The number of aromatic nitrogens is 3. The van der Waals surface area contributed by atoms with Crippen LogP contribution in [0, 0.1) is 11.8 Å². The van der Waals surface area contributed by atoms with Crippen LogP contribution < -0.4 is 10.2 Å². The molecule has 3 fully saturated rings. The minimum absolute atomic E-state index is 0.0415. The average Bonchev–Trinajstić information content (AvgIpc) is 3.18. The standard InChI is InChI=1S/C30H32F3N5O2/c1-37-16-35-36-28(37)29(12-23(13-29)40-2)20-4-3-5-22(11-20)38-15-25-24(27(38)39)6-17(7-26(25)30(31,32)33)14-34-21-9-18-8-19(18)10-21/h3-7,11,16,18-19,21,23,34H,8-10,12-15H2,1-2H3. The fourth-order valence-electron chi connectivity index (χ4n) is 7.29. The van der Waals surface area contributed by atoms with Gasteiger partial charge in [-0.25, -0.2) is 0 Å². The highest BCUT2D eigenvalue weighted by molar-refractivity contribution is 6.10. The number of hydrogen-bond acceptors (Lipinski definition) is 5. The molecule has 1 aliphatic heterocycles. The highest BCUT2D eigenvalue weighted by Crippen LogP contribution is 2.52. The number of anilines is 1. The Kier molecular flexibility index (Phi) is 5.87. The number of halogens is 3. The maximum atomic E-state index is 14.2. The summed E-state index contributed by atoms with van der Waals surface area (Å²) in [5, 5.41) is 11.9. The van der Waals surface area contributed by atoms with E-state index in [-0.39, 0.29) is 23.8 Å². The quantitative estimate of drug-likeness (QED) is 0.449. The molecule has 4 aliphatic rings. The molecule has 0 radical (unpaired) electrons. The number of nitrogens with one attached hydrogen (secondary N) is 1. The van der Waals surface area contributed by atoms with Crippen LogP contribution in [0.5, 0.6) is 0 Å². The Morgan fingerprint density at radius 3 is 2.58 bits per heavy atom. The van der Waals surface area contributed by atoms with Gasteiger partial charge in [0.25, 0.3) is 5.91 Å². The summed E-state index contributed by atoms with van der Waals surface area (Å²) in [6.45, 7) is 0.202. The first kappa shape index (κ1) is 25.7. The van der Waals surface area contributed by atoms with Gasteiger partial charge in [-0.2, -0.15) is 13.2 Å². The molecule has 3 aliphatic carbocycles. The van der Waals surface area contributed by atoms with Gasteiger partial charge in [-0.15, -0.1) is 10.2 Å². The first-order valence-corrected chi connectivity index (χ1v) is 13.9. The minimum Gasteiger partial charge on any atom is -0.381 e. The molecule has 0 bridgehead atoms. The van der Waals surface area contributed by atoms with E-state index in [1.165, 1.54) is 17.4 Å². The number of rotatable bonds is 7. The lowest BCUT2D eigenvalue weighted by Gasteiger charge is -2.46. The van der Waals surface area contributed by atoms with Crippen molar-refractivity contribution >= 4 is 11.6 Å². The molecule has 3 aromatic rings. The second-order valence-electron chi connectivity index (χ2n) is 12.0. The van der Waals surface area contributed by atoms with Gasteiger partial charge >= 0.3 is 6.18 Å². The van der Waals surface area contributed by atoms with Crippen molar-refractivity contribution < 1.29 is 22.7 Å². The average molecular weight is 552 g/mol. The molecule has 3 saturated carbocycles. The Hall–Kier alpha value is -3.24. The summed E-state index contributed by atoms with van der Waals surface area (Å²) in [5.41, 5.74) is 1.01. The van der Waals surface area contributed by atoms with Crippen molar-refractivity contribution in [2.45, 2.75) is 68.9 Å². The van der Waals surface area contributed by atoms with E-state index in [0.29, 0.717) is 36.7 Å². The molecule has 7 rings (SSSR count). The smallest absolute Gasteiger partial charge is 0.381 e. The van der Waals surface area contributed by atoms with Crippen LogP contribution >= 0.6 is 0 Å². The molecule has 0 spiro atoms. The molecule has 1 N–H and O–H groups in total. The van der Waals surface area contributed by atoms with Gasteiger partial charge in [-0.05, 0) is 84.9 Å². The van der Waals surface area contributed by atoms with Crippen LogP contribution in [0.2, 0.25) is 0 Å². The van der Waals surface area contributed by atoms with Gasteiger partial charge in [0, 0.05) is 38.0 Å². The van der Waals surface area contributed by atoms with Gasteiger partial charge in [0.1, 0.15) is 12.2 Å². The van der Waals surface area contributed by atoms with Gasteiger partial charge in [-0.3, -0.25) is 4.79 Å². The Morgan fingerprint density at radius 2 is 1.90 bits per heavy atom. The van der Waals surface area contributed by atoms with E-state index in [1.54, 1.807) is 25.6 Å². The molecular weight excluding hydrogens is 519 g/mol. The topological polar surface area (TPSA) is 72.3 Å².